The molecule has 0 fully saturated rings. The van der Waals surface area contributed by atoms with Crippen LogP contribution >= 0.6 is 0 Å². The Kier molecular flexibility index (Phi) is 8.82. The molecule has 3 heterocycles. The molecule has 2 aromatic carbocycles. The maximum atomic E-state index is 15.2. The lowest BCUT2D eigenvalue weighted by Crippen LogP contribution is -2.39. The smallest absolute Gasteiger partial charge is 0.410 e. The number of hydrogen-bond donors (Lipinski definition) is 0. The van der Waals surface area contributed by atoms with Crippen molar-refractivity contribution in [2.45, 2.75) is 65.6 Å². The van der Waals surface area contributed by atoms with Crippen molar-refractivity contribution >= 4 is 23.3 Å². The van der Waals surface area contributed by atoms with E-state index in [1.54, 1.807) is 34.1 Å². The Hall–Kier alpha value is -4.54. The van der Waals surface area contributed by atoms with E-state index < -0.39 is 22.8 Å². The van der Waals surface area contributed by atoms with Crippen molar-refractivity contribution in [2.24, 2.45) is 0 Å². The topological polar surface area (TPSA) is 98.0 Å². The third-order valence-electron chi connectivity index (χ3n) is 7.29. The summed E-state index contributed by atoms with van der Waals surface area (Å²) in [4.78, 5) is 27.9. The zero-order valence-corrected chi connectivity index (χ0v) is 26.4. The maximum absolute atomic E-state index is 15.2. The molecule has 0 atom stereocenters. The Bertz CT molecular complexity index is 1550. The number of rotatable bonds is 4. The van der Waals surface area contributed by atoms with Crippen LogP contribution < -0.4 is 0 Å². The first-order valence-corrected chi connectivity index (χ1v) is 14.9. The van der Waals surface area contributed by atoms with Crippen LogP contribution in [-0.2, 0) is 9.47 Å². The Morgan fingerprint density at radius 2 is 1.11 bits per heavy atom. The standard InChI is InChI=1S/C34H38F2N4O5/c1-33(2,3)44-31(41)39-15-11-21(12-16-39)23-7-9-25(27(35)19-23)29-37-38-30(43-29)26-10-8-24(20-28(26)36)22-13-17-40(18-14-22)32(42)45-34(4,5)6/h7-11,13,19-20H,12,14-18H2,1-6H3. The summed E-state index contributed by atoms with van der Waals surface area (Å²) in [6.45, 7) is 12.6. The van der Waals surface area contributed by atoms with Crippen LogP contribution in [0.3, 0.4) is 0 Å². The number of benzene rings is 2. The fraction of sp³-hybridized carbons (Fsp3) is 0.412. The van der Waals surface area contributed by atoms with Crippen LogP contribution in [0.4, 0.5) is 18.4 Å². The van der Waals surface area contributed by atoms with Crippen LogP contribution in [0.25, 0.3) is 34.1 Å². The van der Waals surface area contributed by atoms with Crippen LogP contribution in [0.5, 0.6) is 0 Å². The van der Waals surface area contributed by atoms with Gasteiger partial charge in [0.1, 0.15) is 22.8 Å². The molecule has 0 N–H and O–H groups in total. The van der Waals surface area contributed by atoms with Crippen molar-refractivity contribution in [1.29, 1.82) is 0 Å². The first kappa shape index (κ1) is 31.9. The zero-order chi connectivity index (χ0) is 32.5. The van der Waals surface area contributed by atoms with Gasteiger partial charge >= 0.3 is 12.2 Å². The van der Waals surface area contributed by atoms with Gasteiger partial charge in [0.25, 0.3) is 11.8 Å². The quantitative estimate of drug-likeness (QED) is 0.294. The predicted octanol–water partition coefficient (Wildman–Crippen LogP) is 7.73. The van der Waals surface area contributed by atoms with Gasteiger partial charge in [-0.05, 0) is 101 Å². The van der Waals surface area contributed by atoms with E-state index in [-0.39, 0.29) is 35.1 Å². The molecule has 2 aliphatic heterocycles. The molecule has 0 saturated heterocycles. The fourth-order valence-corrected chi connectivity index (χ4v) is 5.06. The summed E-state index contributed by atoms with van der Waals surface area (Å²) in [6.07, 6.45) is 4.12. The fourth-order valence-electron chi connectivity index (χ4n) is 5.06. The van der Waals surface area contributed by atoms with E-state index in [0.717, 1.165) is 11.1 Å². The summed E-state index contributed by atoms with van der Waals surface area (Å²) in [5, 5.41) is 7.94. The number of aromatic nitrogens is 2. The average molecular weight is 621 g/mol. The number of ether oxygens (including phenoxy) is 2. The average Bonchev–Trinajstić information content (AvgIpc) is 3.45. The minimum atomic E-state index is -0.578. The van der Waals surface area contributed by atoms with Crippen molar-refractivity contribution in [3.63, 3.8) is 0 Å². The molecule has 11 heteroatoms. The second-order valence-electron chi connectivity index (χ2n) is 13.1. The van der Waals surface area contributed by atoms with Crippen LogP contribution in [0, 0.1) is 11.6 Å². The first-order chi connectivity index (χ1) is 21.2. The van der Waals surface area contributed by atoms with Crippen molar-refractivity contribution in [3.8, 4) is 22.9 Å². The second kappa shape index (κ2) is 12.5. The van der Waals surface area contributed by atoms with Gasteiger partial charge in [-0.2, -0.15) is 0 Å². The lowest BCUT2D eigenvalue weighted by Gasteiger charge is -2.29. The number of nitrogens with zero attached hydrogens (tertiary/aromatic N) is 4. The molecule has 0 aliphatic carbocycles. The monoisotopic (exact) mass is 620 g/mol. The van der Waals surface area contributed by atoms with Gasteiger partial charge in [-0.25, -0.2) is 18.4 Å². The Labute approximate surface area is 261 Å². The molecule has 45 heavy (non-hydrogen) atoms. The largest absolute Gasteiger partial charge is 0.444 e. The molecule has 9 nitrogen and oxygen atoms in total. The SMILES string of the molecule is CC(C)(C)OC(=O)N1CC=C(c2ccc(-c3nnc(-c4ccc(C5=CCN(C(=O)OC(C)(C)C)CC5)cc4F)o3)c(F)c2)CC1. The van der Waals surface area contributed by atoms with Crippen LogP contribution in [0.2, 0.25) is 0 Å². The van der Waals surface area contributed by atoms with Crippen molar-refractivity contribution < 1.29 is 32.3 Å². The summed E-state index contributed by atoms with van der Waals surface area (Å²) in [5.74, 6) is -1.25. The highest BCUT2D eigenvalue weighted by Crippen LogP contribution is 2.32. The van der Waals surface area contributed by atoms with E-state index >= 15 is 8.78 Å². The molecule has 5 rings (SSSR count). The predicted molar refractivity (Wildman–Crippen MR) is 166 cm³/mol. The van der Waals surface area contributed by atoms with Gasteiger partial charge in [0.05, 0.1) is 11.1 Å². The lowest BCUT2D eigenvalue weighted by molar-refractivity contribution is 0.0260. The Morgan fingerprint density at radius 3 is 1.42 bits per heavy atom. The summed E-state index contributed by atoms with van der Waals surface area (Å²) < 4.78 is 47.0. The third kappa shape index (κ3) is 7.76. The summed E-state index contributed by atoms with van der Waals surface area (Å²) in [5.41, 5.74) is 2.25. The molecule has 0 unspecified atom stereocenters. The molecule has 0 saturated carbocycles. The summed E-state index contributed by atoms with van der Waals surface area (Å²) >= 11 is 0. The van der Waals surface area contributed by atoms with Crippen LogP contribution in [-0.4, -0.2) is 69.6 Å². The highest BCUT2D eigenvalue weighted by Gasteiger charge is 2.26. The normalized spacial score (nSPS) is 15.8. The zero-order valence-electron chi connectivity index (χ0n) is 26.4. The van der Waals surface area contributed by atoms with E-state index in [0.29, 0.717) is 50.1 Å². The van der Waals surface area contributed by atoms with Crippen molar-refractivity contribution in [3.05, 3.63) is 71.3 Å². The van der Waals surface area contributed by atoms with E-state index in [1.165, 1.54) is 12.1 Å². The molecular formula is C34H38F2N4O5. The van der Waals surface area contributed by atoms with Gasteiger partial charge in [0, 0.05) is 26.2 Å². The van der Waals surface area contributed by atoms with Gasteiger partial charge < -0.3 is 23.7 Å². The van der Waals surface area contributed by atoms with Gasteiger partial charge in [0.15, 0.2) is 0 Å². The maximum Gasteiger partial charge on any atom is 0.410 e. The van der Waals surface area contributed by atoms with Crippen LogP contribution in [0.15, 0.2) is 53.0 Å². The lowest BCUT2D eigenvalue weighted by atomic mass is 9.98. The highest BCUT2D eigenvalue weighted by molar-refractivity contribution is 5.75. The van der Waals surface area contributed by atoms with Gasteiger partial charge in [0.2, 0.25) is 0 Å². The third-order valence-corrected chi connectivity index (χ3v) is 7.29. The number of halogens is 2. The molecular weight excluding hydrogens is 582 g/mol. The molecule has 3 aromatic rings. The van der Waals surface area contributed by atoms with Crippen LogP contribution in [0.1, 0.15) is 65.5 Å². The second-order valence-corrected chi connectivity index (χ2v) is 13.1. The van der Waals surface area contributed by atoms with Crippen molar-refractivity contribution in [1.82, 2.24) is 20.0 Å². The van der Waals surface area contributed by atoms with Crippen molar-refractivity contribution in [2.75, 3.05) is 26.2 Å². The molecule has 0 radical (unpaired) electrons. The molecule has 2 amide bonds. The number of carbonyl (C=O) groups is 2. The van der Waals surface area contributed by atoms with E-state index in [4.69, 9.17) is 13.9 Å². The minimum absolute atomic E-state index is 0.0662. The molecule has 2 aliphatic rings. The number of hydrogen-bond acceptors (Lipinski definition) is 7. The first-order valence-electron chi connectivity index (χ1n) is 14.9. The number of carbonyl (C=O) groups excluding carboxylic acids is 2. The molecule has 1 aromatic heterocycles. The minimum Gasteiger partial charge on any atom is -0.444 e. The van der Waals surface area contributed by atoms with Gasteiger partial charge in [-0.3, -0.25) is 0 Å². The van der Waals surface area contributed by atoms with E-state index in [2.05, 4.69) is 10.2 Å². The highest BCUT2D eigenvalue weighted by atomic mass is 19.1. The van der Waals surface area contributed by atoms with Gasteiger partial charge in [-0.15, -0.1) is 10.2 Å². The molecule has 0 bridgehead atoms. The van der Waals surface area contributed by atoms with E-state index in [1.807, 2.05) is 53.7 Å². The summed E-state index contributed by atoms with van der Waals surface area (Å²) in [6, 6.07) is 9.41. The number of amides is 2. The van der Waals surface area contributed by atoms with E-state index in [9.17, 15) is 9.59 Å². The summed E-state index contributed by atoms with van der Waals surface area (Å²) in [7, 11) is 0. The molecule has 238 valence electrons. The Morgan fingerprint density at radius 1 is 0.711 bits per heavy atom. The van der Waals surface area contributed by atoms with Gasteiger partial charge in [-0.1, -0.05) is 24.3 Å². The Balaban J connectivity index is 1.25. The molecule has 0 spiro atoms.